The largest absolute Gasteiger partial charge is 0.458 e. The first-order valence-corrected chi connectivity index (χ1v) is 4.73. The van der Waals surface area contributed by atoms with Gasteiger partial charge in [-0.15, -0.1) is 0 Å². The van der Waals surface area contributed by atoms with Crippen LogP contribution in [-0.2, 0) is 9.53 Å². The molecule has 1 fully saturated rings. The van der Waals surface area contributed by atoms with Gasteiger partial charge in [-0.1, -0.05) is 25.2 Å². The van der Waals surface area contributed by atoms with Crippen molar-refractivity contribution >= 4 is 5.97 Å². The van der Waals surface area contributed by atoms with Gasteiger partial charge in [0, 0.05) is 6.42 Å². The lowest BCUT2D eigenvalue weighted by molar-refractivity contribution is -0.154. The molecule has 1 aliphatic rings. The van der Waals surface area contributed by atoms with Crippen LogP contribution in [0.5, 0.6) is 0 Å². The van der Waals surface area contributed by atoms with E-state index in [9.17, 15) is 4.79 Å². The molecule has 13 heavy (non-hydrogen) atoms. The predicted octanol–water partition coefficient (Wildman–Crippen LogP) is 2.46. The second-order valence-electron chi connectivity index (χ2n) is 3.38. The van der Waals surface area contributed by atoms with E-state index in [-0.39, 0.29) is 12.1 Å². The lowest BCUT2D eigenvalue weighted by atomic mass is 9.96. The minimum Gasteiger partial charge on any atom is -0.458 e. The fraction of sp³-hybridized carbons (Fsp3) is 0.545. The zero-order valence-electron chi connectivity index (χ0n) is 8.19. The second-order valence-corrected chi connectivity index (χ2v) is 3.38. The molecule has 2 nitrogen and oxygen atoms in total. The van der Waals surface area contributed by atoms with Gasteiger partial charge in [0.2, 0.25) is 0 Å². The van der Waals surface area contributed by atoms with Gasteiger partial charge in [0.15, 0.2) is 0 Å². The Kier molecular flexibility index (Phi) is 3.74. The summed E-state index contributed by atoms with van der Waals surface area (Å²) >= 11 is 0. The number of carbonyl (C=O) groups is 1. The second kappa shape index (κ2) is 4.85. The number of carbonyl (C=O) groups excluding carboxylic acids is 1. The number of esters is 1. The van der Waals surface area contributed by atoms with Crippen molar-refractivity contribution in [3.63, 3.8) is 0 Å². The van der Waals surface area contributed by atoms with Gasteiger partial charge in [0.1, 0.15) is 6.10 Å². The Morgan fingerprint density at radius 2 is 2.23 bits per heavy atom. The van der Waals surface area contributed by atoms with Crippen molar-refractivity contribution in [2.24, 2.45) is 5.92 Å². The highest BCUT2D eigenvalue weighted by Gasteiger charge is 2.24. The molecule has 0 aromatic carbocycles. The Balaban J connectivity index is 2.50. The molecule has 1 heterocycles. The van der Waals surface area contributed by atoms with Crippen LogP contribution in [-0.4, -0.2) is 12.1 Å². The molecule has 0 N–H and O–H groups in total. The maximum atomic E-state index is 11.0. The third-order valence-electron chi connectivity index (χ3n) is 2.24. The van der Waals surface area contributed by atoms with E-state index in [0.717, 1.165) is 6.42 Å². The molecule has 0 bridgehead atoms. The quantitative estimate of drug-likeness (QED) is 0.482. The molecule has 0 saturated carbocycles. The Bertz CT molecular complexity index is 228. The van der Waals surface area contributed by atoms with Crippen molar-refractivity contribution in [3.8, 4) is 0 Å². The van der Waals surface area contributed by atoms with Gasteiger partial charge in [-0.3, -0.25) is 4.79 Å². The molecule has 0 aromatic rings. The van der Waals surface area contributed by atoms with Crippen LogP contribution >= 0.6 is 0 Å². The lowest BCUT2D eigenvalue weighted by Crippen LogP contribution is -2.29. The SMILES string of the molecule is C/C=C\C=C/[C@H]1OC(=O)CC[C@@H]1C. The van der Waals surface area contributed by atoms with E-state index in [4.69, 9.17) is 4.74 Å². The van der Waals surface area contributed by atoms with Crippen molar-refractivity contribution in [3.05, 3.63) is 24.3 Å². The molecular weight excluding hydrogens is 164 g/mol. The third-order valence-corrected chi connectivity index (χ3v) is 2.24. The standard InChI is InChI=1S/C11H16O2/c1-3-4-5-6-10-9(2)7-8-11(12)13-10/h3-6,9-10H,7-8H2,1-2H3/b4-3-,6-5-/t9-,10+/m0/s1. The van der Waals surface area contributed by atoms with Gasteiger partial charge in [-0.05, 0) is 25.3 Å². The minimum absolute atomic E-state index is 0.0301. The van der Waals surface area contributed by atoms with Crippen molar-refractivity contribution in [1.29, 1.82) is 0 Å². The normalized spacial score (nSPS) is 29.8. The highest BCUT2D eigenvalue weighted by atomic mass is 16.5. The van der Waals surface area contributed by atoms with Gasteiger partial charge < -0.3 is 4.74 Å². The highest BCUT2D eigenvalue weighted by Crippen LogP contribution is 2.21. The monoisotopic (exact) mass is 180 g/mol. The Morgan fingerprint density at radius 1 is 1.46 bits per heavy atom. The van der Waals surface area contributed by atoms with E-state index < -0.39 is 0 Å². The van der Waals surface area contributed by atoms with Crippen molar-refractivity contribution in [2.45, 2.75) is 32.8 Å². The van der Waals surface area contributed by atoms with Crippen LogP contribution in [0.3, 0.4) is 0 Å². The summed E-state index contributed by atoms with van der Waals surface area (Å²) in [5.41, 5.74) is 0. The van der Waals surface area contributed by atoms with E-state index >= 15 is 0 Å². The molecule has 72 valence electrons. The summed E-state index contributed by atoms with van der Waals surface area (Å²) in [6.45, 7) is 4.07. The molecule has 0 aromatic heterocycles. The van der Waals surface area contributed by atoms with E-state index in [1.165, 1.54) is 0 Å². The summed E-state index contributed by atoms with van der Waals surface area (Å²) in [5.74, 6) is 0.368. The maximum Gasteiger partial charge on any atom is 0.306 e. The van der Waals surface area contributed by atoms with Crippen LogP contribution in [0, 0.1) is 5.92 Å². The van der Waals surface area contributed by atoms with Crippen LogP contribution in [0.2, 0.25) is 0 Å². The first-order chi connectivity index (χ1) is 6.24. The Morgan fingerprint density at radius 3 is 2.92 bits per heavy atom. The Labute approximate surface area is 79.3 Å². The number of cyclic esters (lactones) is 1. The molecule has 0 radical (unpaired) electrons. The van der Waals surface area contributed by atoms with Gasteiger partial charge in [0.05, 0.1) is 0 Å². The summed E-state index contributed by atoms with van der Waals surface area (Å²) in [6.07, 6.45) is 9.24. The van der Waals surface area contributed by atoms with Gasteiger partial charge in [-0.25, -0.2) is 0 Å². The molecule has 0 spiro atoms. The average Bonchev–Trinajstić information content (AvgIpc) is 2.11. The number of hydrogen-bond donors (Lipinski definition) is 0. The molecule has 1 aliphatic heterocycles. The fourth-order valence-corrected chi connectivity index (χ4v) is 1.35. The Hall–Kier alpha value is -1.05. The molecule has 0 aliphatic carbocycles. The molecule has 2 atom stereocenters. The maximum absolute atomic E-state index is 11.0. The van der Waals surface area contributed by atoms with Crippen molar-refractivity contribution < 1.29 is 9.53 Å². The average molecular weight is 180 g/mol. The molecule has 1 rings (SSSR count). The fourth-order valence-electron chi connectivity index (χ4n) is 1.35. The zero-order chi connectivity index (χ0) is 9.68. The summed E-state index contributed by atoms with van der Waals surface area (Å²) < 4.78 is 5.19. The summed E-state index contributed by atoms with van der Waals surface area (Å²) in [7, 11) is 0. The zero-order valence-corrected chi connectivity index (χ0v) is 8.19. The molecule has 0 amide bonds. The summed E-state index contributed by atoms with van der Waals surface area (Å²) in [6, 6.07) is 0. The lowest BCUT2D eigenvalue weighted by Gasteiger charge is -2.25. The third kappa shape index (κ3) is 3.05. The van der Waals surface area contributed by atoms with Crippen LogP contribution < -0.4 is 0 Å². The van der Waals surface area contributed by atoms with E-state index in [2.05, 4.69) is 6.92 Å². The van der Waals surface area contributed by atoms with Crippen molar-refractivity contribution in [1.82, 2.24) is 0 Å². The summed E-state index contributed by atoms with van der Waals surface area (Å²) in [4.78, 5) is 11.0. The molecular formula is C11H16O2. The first kappa shape index (κ1) is 10.0. The van der Waals surface area contributed by atoms with Gasteiger partial charge in [0.25, 0.3) is 0 Å². The first-order valence-electron chi connectivity index (χ1n) is 4.73. The highest BCUT2D eigenvalue weighted by molar-refractivity contribution is 5.70. The summed E-state index contributed by atoms with van der Waals surface area (Å²) in [5, 5.41) is 0. The van der Waals surface area contributed by atoms with Gasteiger partial charge in [-0.2, -0.15) is 0 Å². The van der Waals surface area contributed by atoms with E-state index in [1.807, 2.05) is 31.2 Å². The predicted molar refractivity (Wildman–Crippen MR) is 52.2 cm³/mol. The van der Waals surface area contributed by atoms with Gasteiger partial charge >= 0.3 is 5.97 Å². The number of rotatable bonds is 2. The smallest absolute Gasteiger partial charge is 0.306 e. The molecule has 2 heteroatoms. The number of hydrogen-bond acceptors (Lipinski definition) is 2. The van der Waals surface area contributed by atoms with E-state index in [0.29, 0.717) is 12.3 Å². The van der Waals surface area contributed by atoms with Crippen LogP contribution in [0.15, 0.2) is 24.3 Å². The van der Waals surface area contributed by atoms with Crippen molar-refractivity contribution in [2.75, 3.05) is 0 Å². The van der Waals surface area contributed by atoms with E-state index in [1.54, 1.807) is 0 Å². The minimum atomic E-state index is -0.0757. The molecule has 0 unspecified atom stereocenters. The molecule has 1 saturated heterocycles. The topological polar surface area (TPSA) is 26.3 Å². The van der Waals surface area contributed by atoms with Crippen LogP contribution in [0.4, 0.5) is 0 Å². The van der Waals surface area contributed by atoms with Crippen LogP contribution in [0.25, 0.3) is 0 Å². The number of allylic oxidation sites excluding steroid dienone is 3. The number of ether oxygens (including phenoxy) is 1. The van der Waals surface area contributed by atoms with Crippen LogP contribution in [0.1, 0.15) is 26.7 Å².